The van der Waals surface area contributed by atoms with Gasteiger partial charge in [0.1, 0.15) is 11.2 Å². The maximum absolute atomic E-state index is 6.49. The lowest BCUT2D eigenvalue weighted by molar-refractivity contribution is 0.00578. The lowest BCUT2D eigenvalue weighted by Crippen LogP contribution is -2.41. The van der Waals surface area contributed by atoms with E-state index in [0.29, 0.717) is 0 Å². The number of fused-ring (bicyclic) bond motifs is 7. The molecule has 0 bridgehead atoms. The van der Waals surface area contributed by atoms with Crippen molar-refractivity contribution in [3.8, 4) is 22.3 Å². The van der Waals surface area contributed by atoms with Crippen LogP contribution in [0.25, 0.3) is 55.0 Å². The van der Waals surface area contributed by atoms with E-state index in [2.05, 4.69) is 94.4 Å². The van der Waals surface area contributed by atoms with Gasteiger partial charge in [0.2, 0.25) is 0 Å². The minimum Gasteiger partial charge on any atom is -0.456 e. The number of furan rings is 1. The molecule has 3 nitrogen and oxygen atoms in total. The van der Waals surface area contributed by atoms with Crippen LogP contribution in [0.1, 0.15) is 27.7 Å². The molecule has 1 saturated heterocycles. The standard InChI is InChI=1S/C28H23BO3/c1-27(2)28(3,4)32-29(31-27)21-13-7-12-20-25-22(30-26(20)21)15-14-18-17-10-5-8-16-9-6-11-19(23(16)17)24(18)25/h5-15H,1-4H3. The number of para-hydroxylation sites is 1. The van der Waals surface area contributed by atoms with Crippen LogP contribution >= 0.6 is 0 Å². The number of rotatable bonds is 1. The highest BCUT2D eigenvalue weighted by atomic mass is 16.7. The van der Waals surface area contributed by atoms with Crippen molar-refractivity contribution in [3.63, 3.8) is 0 Å². The summed E-state index contributed by atoms with van der Waals surface area (Å²) in [6.07, 6.45) is 0. The Bertz CT molecular complexity index is 1570. The monoisotopic (exact) mass is 418 g/mol. The van der Waals surface area contributed by atoms with Crippen molar-refractivity contribution in [2.45, 2.75) is 38.9 Å². The van der Waals surface area contributed by atoms with E-state index in [1.54, 1.807) is 0 Å². The molecular weight excluding hydrogens is 395 g/mol. The van der Waals surface area contributed by atoms with Crippen LogP contribution in [0.4, 0.5) is 0 Å². The summed E-state index contributed by atoms with van der Waals surface area (Å²) >= 11 is 0. The Hall–Kier alpha value is -3.08. The molecule has 0 spiro atoms. The SMILES string of the molecule is CC1(C)OB(c2cccc3c2oc2ccc4c(c23)-c2cccc3cccc-4c23)OC1(C)C. The Morgan fingerprint density at radius 2 is 1.34 bits per heavy atom. The van der Waals surface area contributed by atoms with Gasteiger partial charge < -0.3 is 13.7 Å². The Kier molecular flexibility index (Phi) is 3.37. The third kappa shape index (κ3) is 2.19. The highest BCUT2D eigenvalue weighted by molar-refractivity contribution is 6.65. The molecule has 5 aromatic rings. The molecule has 1 fully saturated rings. The van der Waals surface area contributed by atoms with Gasteiger partial charge in [0, 0.05) is 21.8 Å². The second-order valence-electron chi connectivity index (χ2n) is 9.98. The second-order valence-corrected chi connectivity index (χ2v) is 9.98. The predicted molar refractivity (Wildman–Crippen MR) is 131 cm³/mol. The van der Waals surface area contributed by atoms with Crippen LogP contribution in [-0.4, -0.2) is 18.3 Å². The van der Waals surface area contributed by atoms with Crippen LogP contribution in [0.15, 0.2) is 71.1 Å². The van der Waals surface area contributed by atoms with Crippen LogP contribution in [0, 0.1) is 0 Å². The van der Waals surface area contributed by atoms with Gasteiger partial charge in [-0.05, 0) is 67.3 Å². The van der Waals surface area contributed by atoms with Gasteiger partial charge in [-0.15, -0.1) is 0 Å². The molecule has 1 aliphatic heterocycles. The maximum Gasteiger partial charge on any atom is 0.498 e. The van der Waals surface area contributed by atoms with E-state index >= 15 is 0 Å². The molecule has 0 N–H and O–H groups in total. The van der Waals surface area contributed by atoms with Gasteiger partial charge in [-0.3, -0.25) is 0 Å². The Balaban J connectivity index is 1.52. The lowest BCUT2D eigenvalue weighted by atomic mass is 9.78. The Morgan fingerprint density at radius 1 is 0.656 bits per heavy atom. The summed E-state index contributed by atoms with van der Waals surface area (Å²) in [6, 6.07) is 23.7. The van der Waals surface area contributed by atoms with Gasteiger partial charge in [0.15, 0.2) is 0 Å². The topological polar surface area (TPSA) is 31.6 Å². The van der Waals surface area contributed by atoms with E-state index in [4.69, 9.17) is 13.7 Å². The first-order chi connectivity index (χ1) is 15.4. The van der Waals surface area contributed by atoms with E-state index in [1.807, 2.05) is 0 Å². The van der Waals surface area contributed by atoms with Crippen molar-refractivity contribution in [1.29, 1.82) is 0 Å². The van der Waals surface area contributed by atoms with E-state index in [-0.39, 0.29) is 0 Å². The molecule has 0 amide bonds. The van der Waals surface area contributed by atoms with Crippen molar-refractivity contribution < 1.29 is 13.7 Å². The van der Waals surface area contributed by atoms with Crippen molar-refractivity contribution in [2.24, 2.45) is 0 Å². The first-order valence-electron chi connectivity index (χ1n) is 11.2. The minimum atomic E-state index is -0.460. The zero-order valence-corrected chi connectivity index (χ0v) is 18.7. The number of benzene rings is 4. The summed E-state index contributed by atoms with van der Waals surface area (Å²) in [6.45, 7) is 8.32. The smallest absolute Gasteiger partial charge is 0.456 e. The zero-order valence-electron chi connectivity index (χ0n) is 18.7. The predicted octanol–water partition coefficient (Wildman–Crippen LogP) is 6.69. The molecule has 1 aliphatic carbocycles. The number of hydrogen-bond acceptors (Lipinski definition) is 3. The highest BCUT2D eigenvalue weighted by Gasteiger charge is 2.52. The second kappa shape index (κ2) is 5.83. The van der Waals surface area contributed by atoms with Crippen LogP contribution in [0.2, 0.25) is 0 Å². The van der Waals surface area contributed by atoms with Gasteiger partial charge >= 0.3 is 7.12 Å². The van der Waals surface area contributed by atoms with Crippen molar-refractivity contribution in [2.75, 3.05) is 0 Å². The minimum absolute atomic E-state index is 0.398. The van der Waals surface area contributed by atoms with Crippen LogP contribution < -0.4 is 5.46 Å². The summed E-state index contributed by atoms with van der Waals surface area (Å²) in [5.74, 6) is 0. The molecule has 1 aromatic heterocycles. The summed E-state index contributed by atoms with van der Waals surface area (Å²) < 4.78 is 19.2. The van der Waals surface area contributed by atoms with Gasteiger partial charge in [0.05, 0.1) is 11.2 Å². The van der Waals surface area contributed by atoms with Crippen molar-refractivity contribution in [1.82, 2.24) is 0 Å². The molecule has 4 aromatic carbocycles. The van der Waals surface area contributed by atoms with Crippen LogP contribution in [0.3, 0.4) is 0 Å². The van der Waals surface area contributed by atoms with Gasteiger partial charge in [-0.2, -0.15) is 0 Å². The van der Waals surface area contributed by atoms with Crippen molar-refractivity contribution >= 4 is 45.3 Å². The fraction of sp³-hybridized carbons (Fsp3) is 0.214. The van der Waals surface area contributed by atoms with E-state index < -0.39 is 18.3 Å². The molecule has 0 atom stereocenters. The normalized spacial score (nSPS) is 18.2. The average molecular weight is 418 g/mol. The van der Waals surface area contributed by atoms with Crippen LogP contribution in [0.5, 0.6) is 0 Å². The molecule has 0 radical (unpaired) electrons. The third-order valence-electron chi connectivity index (χ3n) is 7.67. The van der Waals surface area contributed by atoms with Crippen LogP contribution in [-0.2, 0) is 9.31 Å². The zero-order chi connectivity index (χ0) is 21.8. The van der Waals surface area contributed by atoms with Gasteiger partial charge in [-0.25, -0.2) is 0 Å². The molecule has 32 heavy (non-hydrogen) atoms. The summed E-state index contributed by atoms with van der Waals surface area (Å²) in [5, 5.41) is 4.87. The molecule has 0 saturated carbocycles. The highest BCUT2D eigenvalue weighted by Crippen LogP contribution is 2.51. The quantitative estimate of drug-likeness (QED) is 0.279. The first-order valence-corrected chi connectivity index (χ1v) is 11.2. The lowest BCUT2D eigenvalue weighted by Gasteiger charge is -2.32. The fourth-order valence-corrected chi connectivity index (χ4v) is 5.35. The fourth-order valence-electron chi connectivity index (χ4n) is 5.35. The molecule has 2 heterocycles. The molecule has 156 valence electrons. The van der Waals surface area contributed by atoms with Gasteiger partial charge in [0.25, 0.3) is 0 Å². The Morgan fingerprint density at radius 3 is 2.09 bits per heavy atom. The number of hydrogen-bond donors (Lipinski definition) is 0. The maximum atomic E-state index is 6.49. The summed E-state index contributed by atoms with van der Waals surface area (Å²) in [5.41, 5.74) is 7.00. The molecule has 7 rings (SSSR count). The molecule has 4 heteroatoms. The van der Waals surface area contributed by atoms with E-state index in [0.717, 1.165) is 22.0 Å². The van der Waals surface area contributed by atoms with E-state index in [1.165, 1.54) is 38.4 Å². The Labute approximate surface area is 187 Å². The third-order valence-corrected chi connectivity index (χ3v) is 7.67. The first kappa shape index (κ1) is 18.5. The summed E-state index contributed by atoms with van der Waals surface area (Å²) in [4.78, 5) is 0. The van der Waals surface area contributed by atoms with E-state index in [9.17, 15) is 0 Å². The summed E-state index contributed by atoms with van der Waals surface area (Å²) in [7, 11) is -0.460. The molecule has 2 aliphatic rings. The largest absolute Gasteiger partial charge is 0.498 e. The molecule has 0 unspecified atom stereocenters. The molecular formula is C28H23BO3. The van der Waals surface area contributed by atoms with Crippen molar-refractivity contribution in [3.05, 3.63) is 66.7 Å². The van der Waals surface area contributed by atoms with Gasteiger partial charge in [-0.1, -0.05) is 54.6 Å². The average Bonchev–Trinajstić information content (AvgIpc) is 3.37.